The molecule has 0 aliphatic rings. The molecule has 0 amide bonds. The molecule has 94 valence electrons. The summed E-state index contributed by atoms with van der Waals surface area (Å²) >= 11 is 5.47. The fourth-order valence-corrected chi connectivity index (χ4v) is 1.62. The van der Waals surface area contributed by atoms with E-state index in [2.05, 4.69) is 9.97 Å². The topological polar surface area (TPSA) is 63.1 Å². The summed E-state index contributed by atoms with van der Waals surface area (Å²) in [6.07, 6.45) is -4.53. The Hall–Kier alpha value is -1.89. The quantitative estimate of drug-likeness (QED) is 0.813. The number of aromatic nitrogens is 2. The maximum atomic E-state index is 12.5. The molecule has 0 bridgehead atoms. The number of hydrogen-bond donors (Lipinski definition) is 1. The third-order valence-electron chi connectivity index (χ3n) is 2.20. The minimum Gasteiger partial charge on any atom is -0.476 e. The van der Waals surface area contributed by atoms with Gasteiger partial charge >= 0.3 is 12.1 Å². The number of benzene rings is 1. The second-order valence-electron chi connectivity index (χ2n) is 3.38. The average Bonchev–Trinajstić information content (AvgIpc) is 2.25. The Kier molecular flexibility index (Phi) is 2.86. The highest BCUT2D eigenvalue weighted by Crippen LogP contribution is 2.31. The summed E-state index contributed by atoms with van der Waals surface area (Å²) in [6, 6.07) is 2.51. The molecule has 1 N–H and O–H groups in total. The Balaban J connectivity index is 2.76. The lowest BCUT2D eigenvalue weighted by Crippen LogP contribution is -2.07. The van der Waals surface area contributed by atoms with E-state index in [-0.39, 0.29) is 10.9 Å². The minimum absolute atomic E-state index is 0.0000926. The minimum atomic E-state index is -4.53. The molecule has 2 aromatic rings. The number of carboxylic acids is 1. The van der Waals surface area contributed by atoms with Gasteiger partial charge in [-0.3, -0.25) is 0 Å². The molecular formula is C10H4ClF3N2O2. The summed E-state index contributed by atoms with van der Waals surface area (Å²) in [5, 5.41) is 8.45. The van der Waals surface area contributed by atoms with Crippen molar-refractivity contribution >= 4 is 28.5 Å². The van der Waals surface area contributed by atoms with Crippen molar-refractivity contribution in [1.82, 2.24) is 9.97 Å². The number of aromatic carboxylic acids is 1. The molecule has 1 aromatic heterocycles. The van der Waals surface area contributed by atoms with Crippen molar-refractivity contribution < 1.29 is 23.1 Å². The number of carboxylic acid groups (broad SMARTS) is 1. The van der Waals surface area contributed by atoms with Crippen molar-refractivity contribution in [1.29, 1.82) is 0 Å². The fraction of sp³-hybridized carbons (Fsp3) is 0.100. The molecule has 1 aromatic carbocycles. The molecule has 0 saturated heterocycles. The van der Waals surface area contributed by atoms with Gasteiger partial charge in [0.25, 0.3) is 0 Å². The van der Waals surface area contributed by atoms with Crippen LogP contribution in [0.2, 0.25) is 5.28 Å². The van der Waals surface area contributed by atoms with Gasteiger partial charge in [0, 0.05) is 5.39 Å². The molecule has 0 unspecified atom stereocenters. The van der Waals surface area contributed by atoms with E-state index in [4.69, 9.17) is 16.7 Å². The van der Waals surface area contributed by atoms with Gasteiger partial charge in [-0.25, -0.2) is 14.8 Å². The first-order chi connectivity index (χ1) is 8.29. The van der Waals surface area contributed by atoms with Gasteiger partial charge in [-0.2, -0.15) is 13.2 Å². The summed E-state index contributed by atoms with van der Waals surface area (Å²) in [7, 11) is 0. The Morgan fingerprint density at radius 3 is 2.50 bits per heavy atom. The van der Waals surface area contributed by atoms with Crippen molar-refractivity contribution in [3.05, 3.63) is 34.7 Å². The lowest BCUT2D eigenvalue weighted by Gasteiger charge is -2.08. The van der Waals surface area contributed by atoms with E-state index in [0.717, 1.165) is 18.2 Å². The zero-order chi connectivity index (χ0) is 13.5. The standard InChI is InChI=1S/C10H4ClF3N2O2/c11-9-15-6-3-4(10(12,13)14)1-2-5(6)7(16-9)8(17)18/h1-3H,(H,17,18). The summed E-state index contributed by atoms with van der Waals surface area (Å²) in [5.41, 5.74) is -1.53. The van der Waals surface area contributed by atoms with Crippen LogP contribution in [0, 0.1) is 0 Å². The van der Waals surface area contributed by atoms with Crippen molar-refractivity contribution in [2.45, 2.75) is 6.18 Å². The van der Waals surface area contributed by atoms with Crippen molar-refractivity contribution in [2.24, 2.45) is 0 Å². The SMILES string of the molecule is O=C(O)c1nc(Cl)nc2cc(C(F)(F)F)ccc12. The van der Waals surface area contributed by atoms with Crippen LogP contribution in [-0.2, 0) is 6.18 Å². The third kappa shape index (κ3) is 2.21. The van der Waals surface area contributed by atoms with Crippen LogP contribution in [0.1, 0.15) is 16.1 Å². The van der Waals surface area contributed by atoms with Gasteiger partial charge in [-0.1, -0.05) is 0 Å². The van der Waals surface area contributed by atoms with Crippen LogP contribution < -0.4 is 0 Å². The van der Waals surface area contributed by atoms with E-state index in [0.29, 0.717) is 0 Å². The Morgan fingerprint density at radius 2 is 1.94 bits per heavy atom. The summed E-state index contributed by atoms with van der Waals surface area (Å²) < 4.78 is 37.4. The molecule has 0 fully saturated rings. The number of alkyl halides is 3. The van der Waals surface area contributed by atoms with Crippen LogP contribution in [0.15, 0.2) is 18.2 Å². The van der Waals surface area contributed by atoms with E-state index >= 15 is 0 Å². The predicted octanol–water partition coefficient (Wildman–Crippen LogP) is 3.00. The zero-order valence-electron chi connectivity index (χ0n) is 8.49. The summed E-state index contributed by atoms with van der Waals surface area (Å²) in [5.74, 6) is -1.39. The highest BCUT2D eigenvalue weighted by atomic mass is 35.5. The highest BCUT2D eigenvalue weighted by Gasteiger charge is 2.31. The van der Waals surface area contributed by atoms with Crippen LogP contribution >= 0.6 is 11.6 Å². The van der Waals surface area contributed by atoms with E-state index in [1.54, 1.807) is 0 Å². The highest BCUT2D eigenvalue weighted by molar-refractivity contribution is 6.29. The largest absolute Gasteiger partial charge is 0.476 e. The van der Waals surface area contributed by atoms with Crippen molar-refractivity contribution in [3.8, 4) is 0 Å². The summed E-state index contributed by atoms with van der Waals surface area (Å²) in [6.45, 7) is 0. The second-order valence-corrected chi connectivity index (χ2v) is 3.71. The van der Waals surface area contributed by atoms with Gasteiger partial charge in [0.1, 0.15) is 0 Å². The fourth-order valence-electron chi connectivity index (χ4n) is 1.44. The molecule has 1 heterocycles. The molecule has 4 nitrogen and oxygen atoms in total. The van der Waals surface area contributed by atoms with Gasteiger partial charge in [-0.15, -0.1) is 0 Å². The molecule has 0 aliphatic heterocycles. The number of rotatable bonds is 1. The first-order valence-electron chi connectivity index (χ1n) is 4.57. The van der Waals surface area contributed by atoms with E-state index in [1.165, 1.54) is 0 Å². The number of fused-ring (bicyclic) bond motifs is 1. The lowest BCUT2D eigenvalue weighted by molar-refractivity contribution is -0.137. The van der Waals surface area contributed by atoms with Crippen LogP contribution in [0.3, 0.4) is 0 Å². The number of nitrogens with zero attached hydrogens (tertiary/aromatic N) is 2. The molecule has 8 heteroatoms. The summed E-state index contributed by atoms with van der Waals surface area (Å²) in [4.78, 5) is 17.9. The van der Waals surface area contributed by atoms with Crippen molar-refractivity contribution in [2.75, 3.05) is 0 Å². The first kappa shape index (κ1) is 12.6. The number of carbonyl (C=O) groups is 1. The number of hydrogen-bond acceptors (Lipinski definition) is 3. The molecule has 2 rings (SSSR count). The van der Waals surface area contributed by atoms with Crippen molar-refractivity contribution in [3.63, 3.8) is 0 Å². The average molecular weight is 277 g/mol. The molecular weight excluding hydrogens is 273 g/mol. The molecule has 18 heavy (non-hydrogen) atoms. The lowest BCUT2D eigenvalue weighted by atomic mass is 10.1. The van der Waals surface area contributed by atoms with Gasteiger partial charge in [0.2, 0.25) is 5.28 Å². The Labute approximate surface area is 103 Å². The van der Waals surface area contributed by atoms with E-state index in [9.17, 15) is 18.0 Å². The van der Waals surface area contributed by atoms with Gasteiger partial charge in [0.05, 0.1) is 11.1 Å². The smallest absolute Gasteiger partial charge is 0.416 e. The second kappa shape index (κ2) is 4.09. The van der Waals surface area contributed by atoms with Crippen LogP contribution in [0.4, 0.5) is 13.2 Å². The van der Waals surface area contributed by atoms with Crippen LogP contribution in [-0.4, -0.2) is 21.0 Å². The maximum Gasteiger partial charge on any atom is 0.416 e. The zero-order valence-corrected chi connectivity index (χ0v) is 9.25. The molecule has 0 atom stereocenters. The first-order valence-corrected chi connectivity index (χ1v) is 4.94. The van der Waals surface area contributed by atoms with Gasteiger partial charge < -0.3 is 5.11 Å². The van der Waals surface area contributed by atoms with Gasteiger partial charge in [-0.05, 0) is 29.8 Å². The molecule has 0 radical (unpaired) electrons. The molecule has 0 saturated carbocycles. The maximum absolute atomic E-state index is 12.5. The van der Waals surface area contributed by atoms with Gasteiger partial charge in [0.15, 0.2) is 5.69 Å². The van der Waals surface area contributed by atoms with Crippen LogP contribution in [0.5, 0.6) is 0 Å². The van der Waals surface area contributed by atoms with Crippen LogP contribution in [0.25, 0.3) is 10.9 Å². The normalized spacial score (nSPS) is 11.8. The Morgan fingerprint density at radius 1 is 1.28 bits per heavy atom. The van der Waals surface area contributed by atoms with E-state index in [1.807, 2.05) is 0 Å². The molecule has 0 spiro atoms. The van der Waals surface area contributed by atoms with E-state index < -0.39 is 28.7 Å². The number of halogens is 4. The Bertz CT molecular complexity index is 643. The monoisotopic (exact) mass is 276 g/mol. The molecule has 0 aliphatic carbocycles. The predicted molar refractivity (Wildman–Crippen MR) is 56.5 cm³/mol. The third-order valence-corrected chi connectivity index (χ3v) is 2.37.